The minimum Gasteiger partial charge on any atom is -0.354 e. The molecular formula is C32H40BrN3O4S. The number of hydrogen-bond donors (Lipinski definition) is 1. The molecule has 0 spiro atoms. The number of sulfonamides is 1. The summed E-state index contributed by atoms with van der Waals surface area (Å²) < 4.78 is 27.7. The average molecular weight is 643 g/mol. The number of nitrogens with one attached hydrogen (secondary N) is 1. The fourth-order valence-corrected chi connectivity index (χ4v) is 6.25. The van der Waals surface area contributed by atoms with Crippen LogP contribution >= 0.6 is 15.9 Å². The topological polar surface area (TPSA) is 86.8 Å². The predicted molar refractivity (Wildman–Crippen MR) is 169 cm³/mol. The Morgan fingerprint density at radius 3 is 2.20 bits per heavy atom. The molecule has 3 aromatic carbocycles. The first kappa shape index (κ1) is 32.3. The summed E-state index contributed by atoms with van der Waals surface area (Å²) in [5, 5.41) is 2.98. The van der Waals surface area contributed by atoms with Crippen LogP contribution in [-0.2, 0) is 32.6 Å². The Hall–Kier alpha value is -3.17. The number of carbonyl (C=O) groups is 2. The molecule has 7 nitrogen and oxygen atoms in total. The molecule has 0 aliphatic heterocycles. The molecule has 3 aromatic rings. The number of amides is 2. The highest BCUT2D eigenvalue weighted by atomic mass is 79.9. The summed E-state index contributed by atoms with van der Waals surface area (Å²) in [5.41, 5.74) is 4.36. The van der Waals surface area contributed by atoms with Crippen molar-refractivity contribution in [2.75, 3.05) is 23.7 Å². The van der Waals surface area contributed by atoms with E-state index in [1.807, 2.05) is 93.6 Å². The largest absolute Gasteiger partial charge is 0.354 e. The lowest BCUT2D eigenvalue weighted by atomic mass is 10.0. The molecule has 0 unspecified atom stereocenters. The van der Waals surface area contributed by atoms with Gasteiger partial charge in [0.1, 0.15) is 6.04 Å². The Kier molecular flexibility index (Phi) is 12.0. The van der Waals surface area contributed by atoms with Crippen LogP contribution in [0.15, 0.2) is 77.3 Å². The van der Waals surface area contributed by atoms with E-state index >= 15 is 0 Å². The van der Waals surface area contributed by atoms with Gasteiger partial charge in [0.15, 0.2) is 0 Å². The van der Waals surface area contributed by atoms with Gasteiger partial charge in [-0.05, 0) is 73.2 Å². The van der Waals surface area contributed by atoms with Gasteiger partial charge < -0.3 is 10.2 Å². The lowest BCUT2D eigenvalue weighted by Crippen LogP contribution is -2.50. The van der Waals surface area contributed by atoms with Crippen LogP contribution in [0.2, 0.25) is 0 Å². The van der Waals surface area contributed by atoms with Crippen molar-refractivity contribution in [2.24, 2.45) is 0 Å². The van der Waals surface area contributed by atoms with E-state index in [0.717, 1.165) is 33.1 Å². The maximum Gasteiger partial charge on any atom is 0.243 e. The number of aryl methyl sites for hydroxylation is 2. The third-order valence-electron chi connectivity index (χ3n) is 6.71. The van der Waals surface area contributed by atoms with Crippen molar-refractivity contribution in [3.63, 3.8) is 0 Å². The van der Waals surface area contributed by atoms with Gasteiger partial charge in [0.25, 0.3) is 0 Å². The highest BCUT2D eigenvalue weighted by Gasteiger charge is 2.30. The second-order valence-electron chi connectivity index (χ2n) is 10.4. The van der Waals surface area contributed by atoms with Crippen LogP contribution in [0.25, 0.3) is 0 Å². The Balaban J connectivity index is 1.88. The van der Waals surface area contributed by atoms with Crippen molar-refractivity contribution in [1.29, 1.82) is 0 Å². The Morgan fingerprint density at radius 2 is 1.59 bits per heavy atom. The molecule has 0 saturated heterocycles. The SMILES string of the molecule is CCCNC(=O)[C@@H](Cc1ccccc1)N(Cc1cccc(Br)c1)C(=O)CCCN(c1cc(C)cc(C)c1)S(C)(=O)=O. The van der Waals surface area contributed by atoms with Crippen LogP contribution in [0.3, 0.4) is 0 Å². The number of hydrogen-bond acceptors (Lipinski definition) is 4. The maximum absolute atomic E-state index is 13.9. The number of carbonyl (C=O) groups excluding carboxylic acids is 2. The summed E-state index contributed by atoms with van der Waals surface area (Å²) in [6.07, 6.45) is 2.73. The standard InChI is InChI=1S/C32H40BrN3O4S/c1-5-16-34-32(38)30(22-26-11-7-6-8-12-26)35(23-27-13-9-14-28(33)21-27)31(37)15-10-17-36(41(4,39)40)29-19-24(2)18-25(3)20-29/h6-9,11-14,18-21,30H,5,10,15-17,22-23H2,1-4H3,(H,34,38)/t30-/m1/s1. The highest BCUT2D eigenvalue weighted by molar-refractivity contribution is 9.10. The van der Waals surface area contributed by atoms with Crippen molar-refractivity contribution in [3.05, 3.63) is 99.5 Å². The summed E-state index contributed by atoms with van der Waals surface area (Å²) in [6.45, 7) is 6.77. The van der Waals surface area contributed by atoms with Crippen LogP contribution < -0.4 is 9.62 Å². The van der Waals surface area contributed by atoms with Crippen molar-refractivity contribution in [3.8, 4) is 0 Å². The molecule has 0 aliphatic carbocycles. The number of anilines is 1. The molecular weight excluding hydrogens is 602 g/mol. The zero-order valence-electron chi connectivity index (χ0n) is 24.3. The third kappa shape index (κ3) is 10.0. The molecule has 1 N–H and O–H groups in total. The normalized spacial score (nSPS) is 12.0. The van der Waals surface area contributed by atoms with E-state index in [2.05, 4.69) is 21.2 Å². The molecule has 41 heavy (non-hydrogen) atoms. The van der Waals surface area contributed by atoms with Crippen LogP contribution in [0.1, 0.15) is 48.4 Å². The van der Waals surface area contributed by atoms with Gasteiger partial charge in [0, 0.05) is 36.9 Å². The highest BCUT2D eigenvalue weighted by Crippen LogP contribution is 2.23. The van der Waals surface area contributed by atoms with Gasteiger partial charge in [-0.25, -0.2) is 8.42 Å². The zero-order chi connectivity index (χ0) is 30.0. The first-order valence-corrected chi connectivity index (χ1v) is 16.5. The van der Waals surface area contributed by atoms with Crippen molar-refractivity contribution < 1.29 is 18.0 Å². The molecule has 0 saturated carbocycles. The summed E-state index contributed by atoms with van der Waals surface area (Å²) >= 11 is 3.51. The van der Waals surface area contributed by atoms with E-state index in [1.165, 1.54) is 10.6 Å². The summed E-state index contributed by atoms with van der Waals surface area (Å²) in [4.78, 5) is 29.0. The van der Waals surface area contributed by atoms with Crippen molar-refractivity contribution in [2.45, 2.75) is 59.0 Å². The number of benzene rings is 3. The minimum atomic E-state index is -3.56. The fourth-order valence-electron chi connectivity index (χ4n) is 4.85. The molecule has 220 valence electrons. The maximum atomic E-state index is 13.9. The van der Waals surface area contributed by atoms with E-state index in [0.29, 0.717) is 25.1 Å². The monoisotopic (exact) mass is 641 g/mol. The first-order chi connectivity index (χ1) is 19.5. The number of halogens is 1. The van der Waals surface area contributed by atoms with Gasteiger partial charge in [0.2, 0.25) is 21.8 Å². The van der Waals surface area contributed by atoms with Gasteiger partial charge in [-0.1, -0.05) is 71.4 Å². The third-order valence-corrected chi connectivity index (χ3v) is 8.40. The molecule has 0 aliphatic rings. The van der Waals surface area contributed by atoms with E-state index in [4.69, 9.17) is 0 Å². The van der Waals surface area contributed by atoms with Gasteiger partial charge in [-0.3, -0.25) is 13.9 Å². The van der Waals surface area contributed by atoms with Crippen molar-refractivity contribution >= 4 is 43.5 Å². The Bertz CT molecular complexity index is 1410. The first-order valence-electron chi connectivity index (χ1n) is 13.9. The molecule has 0 bridgehead atoms. The average Bonchev–Trinajstić information content (AvgIpc) is 2.91. The summed E-state index contributed by atoms with van der Waals surface area (Å²) in [5.74, 6) is -0.404. The van der Waals surface area contributed by atoms with Crippen molar-refractivity contribution in [1.82, 2.24) is 10.2 Å². The number of rotatable bonds is 14. The van der Waals surface area contributed by atoms with Gasteiger partial charge >= 0.3 is 0 Å². The minimum absolute atomic E-state index is 0.0944. The van der Waals surface area contributed by atoms with E-state index in [1.54, 1.807) is 4.90 Å². The molecule has 1 atom stereocenters. The lowest BCUT2D eigenvalue weighted by molar-refractivity contribution is -0.141. The summed E-state index contributed by atoms with van der Waals surface area (Å²) in [7, 11) is -3.56. The fraction of sp³-hybridized carbons (Fsp3) is 0.375. The van der Waals surface area contributed by atoms with Gasteiger partial charge in [0.05, 0.1) is 11.9 Å². The molecule has 0 aromatic heterocycles. The molecule has 3 rings (SSSR count). The van der Waals surface area contributed by atoms with E-state index in [9.17, 15) is 18.0 Å². The molecule has 0 heterocycles. The smallest absolute Gasteiger partial charge is 0.243 e. The van der Waals surface area contributed by atoms with Crippen LogP contribution in [-0.4, -0.2) is 50.5 Å². The lowest BCUT2D eigenvalue weighted by Gasteiger charge is -2.32. The molecule has 9 heteroatoms. The van der Waals surface area contributed by atoms with Crippen LogP contribution in [0, 0.1) is 13.8 Å². The second-order valence-corrected chi connectivity index (χ2v) is 13.3. The Morgan fingerprint density at radius 1 is 0.927 bits per heavy atom. The molecule has 0 radical (unpaired) electrons. The van der Waals surface area contributed by atoms with Crippen LogP contribution in [0.4, 0.5) is 5.69 Å². The zero-order valence-corrected chi connectivity index (χ0v) is 26.7. The van der Waals surface area contributed by atoms with Gasteiger partial charge in [-0.2, -0.15) is 0 Å². The second kappa shape index (κ2) is 15.2. The van der Waals surface area contributed by atoms with Crippen LogP contribution in [0.5, 0.6) is 0 Å². The van der Waals surface area contributed by atoms with E-state index in [-0.39, 0.29) is 31.3 Å². The predicted octanol–water partition coefficient (Wildman–Crippen LogP) is 5.78. The summed E-state index contributed by atoms with van der Waals surface area (Å²) in [6, 6.07) is 22.3. The molecule has 2 amide bonds. The molecule has 0 fully saturated rings. The van der Waals surface area contributed by atoms with Gasteiger partial charge in [-0.15, -0.1) is 0 Å². The quantitative estimate of drug-likeness (QED) is 0.242. The number of nitrogens with zero attached hydrogens (tertiary/aromatic N) is 2. The van der Waals surface area contributed by atoms with E-state index < -0.39 is 16.1 Å². The Labute approximate surface area is 253 Å².